The van der Waals surface area contributed by atoms with Gasteiger partial charge in [0.05, 0.1) is 23.5 Å². The molecule has 0 aliphatic carbocycles. The molecular weight excluding hydrogens is 499 g/mol. The first-order valence-corrected chi connectivity index (χ1v) is 12.6. The van der Waals surface area contributed by atoms with Crippen molar-refractivity contribution in [2.45, 2.75) is 12.5 Å². The van der Waals surface area contributed by atoms with Crippen LogP contribution in [0.4, 0.5) is 21.6 Å². The summed E-state index contributed by atoms with van der Waals surface area (Å²) in [6.07, 6.45) is 5.09. The van der Waals surface area contributed by atoms with Crippen molar-refractivity contribution in [3.8, 4) is 17.0 Å². The molecule has 9 nitrogen and oxygen atoms in total. The zero-order valence-corrected chi connectivity index (χ0v) is 21.6. The Hall–Kier alpha value is -4.41. The number of rotatable bonds is 10. The summed E-state index contributed by atoms with van der Waals surface area (Å²) in [5.74, 6) is 0.320. The van der Waals surface area contributed by atoms with Crippen LogP contribution in [-0.2, 0) is 9.53 Å². The Kier molecular flexibility index (Phi) is 8.04. The summed E-state index contributed by atoms with van der Waals surface area (Å²) in [6.45, 7) is 6.73. The van der Waals surface area contributed by atoms with E-state index < -0.39 is 0 Å². The smallest absolute Gasteiger partial charge is 0.247 e. The maximum atomic E-state index is 14.3. The van der Waals surface area contributed by atoms with Gasteiger partial charge in [-0.15, -0.1) is 0 Å². The molecular formula is C29H29FN6O3. The number of carbonyl (C=O) groups excluding carboxylic acids is 1. The SMILES string of the molecule is C=CC(=O)Nc1cc2c(Nc3ccnc(-c4ccccc4F)c3)ncnc2cc1OC1CCN(CCOC)C1. The highest BCUT2D eigenvalue weighted by atomic mass is 19.1. The molecule has 2 aromatic heterocycles. The van der Waals surface area contributed by atoms with Gasteiger partial charge in [-0.1, -0.05) is 18.7 Å². The third-order valence-corrected chi connectivity index (χ3v) is 6.49. The van der Waals surface area contributed by atoms with Crippen molar-refractivity contribution in [3.63, 3.8) is 0 Å². The van der Waals surface area contributed by atoms with Crippen molar-refractivity contribution in [2.75, 3.05) is 44.0 Å². The van der Waals surface area contributed by atoms with E-state index in [4.69, 9.17) is 9.47 Å². The average molecular weight is 529 g/mol. The van der Waals surface area contributed by atoms with Crippen LogP contribution < -0.4 is 15.4 Å². The standard InChI is InChI=1S/C29H29FN6O3/c1-3-28(37)35-26-15-22-25(16-27(26)39-20-9-11-36(17-20)12-13-38-2)32-18-33-29(22)34-19-8-10-31-24(14-19)21-6-4-5-7-23(21)30/h3-8,10,14-16,18,20H,1,9,11-13,17H2,2H3,(H,35,37)(H,31,32,33,34). The second-order valence-electron chi connectivity index (χ2n) is 9.14. The van der Waals surface area contributed by atoms with E-state index >= 15 is 0 Å². The first-order valence-electron chi connectivity index (χ1n) is 12.6. The number of aromatic nitrogens is 3. The van der Waals surface area contributed by atoms with Crippen LogP contribution in [0.1, 0.15) is 6.42 Å². The van der Waals surface area contributed by atoms with E-state index in [0.717, 1.165) is 26.1 Å². The number of pyridine rings is 1. The number of anilines is 3. The number of ether oxygens (including phenoxy) is 2. The summed E-state index contributed by atoms with van der Waals surface area (Å²) in [4.78, 5) is 27.7. The Bertz CT molecular complexity index is 1500. The second-order valence-corrected chi connectivity index (χ2v) is 9.14. The zero-order chi connectivity index (χ0) is 27.2. The molecule has 1 fully saturated rings. The number of benzene rings is 2. The van der Waals surface area contributed by atoms with E-state index in [1.165, 1.54) is 18.5 Å². The largest absolute Gasteiger partial charge is 0.487 e. The number of carbonyl (C=O) groups is 1. The van der Waals surface area contributed by atoms with Crippen molar-refractivity contribution in [3.05, 3.63) is 79.5 Å². The monoisotopic (exact) mass is 528 g/mol. The molecule has 1 aliphatic rings. The van der Waals surface area contributed by atoms with Gasteiger partial charge < -0.3 is 20.1 Å². The van der Waals surface area contributed by atoms with E-state index in [1.54, 1.807) is 55.8 Å². The lowest BCUT2D eigenvalue weighted by molar-refractivity contribution is -0.111. The van der Waals surface area contributed by atoms with Gasteiger partial charge >= 0.3 is 0 Å². The van der Waals surface area contributed by atoms with E-state index in [0.29, 0.717) is 51.7 Å². The topological polar surface area (TPSA) is 102 Å². The molecule has 3 heterocycles. The molecule has 5 rings (SSSR count). The van der Waals surface area contributed by atoms with Gasteiger partial charge in [-0.25, -0.2) is 14.4 Å². The molecule has 1 atom stereocenters. The van der Waals surface area contributed by atoms with Gasteiger partial charge in [0.15, 0.2) is 0 Å². The molecule has 0 radical (unpaired) electrons. The van der Waals surface area contributed by atoms with E-state index in [2.05, 4.69) is 37.1 Å². The van der Waals surface area contributed by atoms with Crippen LogP contribution >= 0.6 is 0 Å². The van der Waals surface area contributed by atoms with Gasteiger partial charge in [0.1, 0.15) is 29.8 Å². The van der Waals surface area contributed by atoms with Gasteiger partial charge in [0.25, 0.3) is 0 Å². The highest BCUT2D eigenvalue weighted by molar-refractivity contribution is 6.03. The highest BCUT2D eigenvalue weighted by Gasteiger charge is 2.25. The predicted molar refractivity (Wildman–Crippen MR) is 149 cm³/mol. The number of hydrogen-bond acceptors (Lipinski definition) is 8. The fourth-order valence-corrected chi connectivity index (χ4v) is 4.52. The number of methoxy groups -OCH3 is 1. The molecule has 200 valence electrons. The number of likely N-dealkylation sites (tertiary alicyclic amines) is 1. The van der Waals surface area contributed by atoms with Crippen LogP contribution in [0.15, 0.2) is 73.7 Å². The molecule has 2 aromatic carbocycles. The van der Waals surface area contributed by atoms with Gasteiger partial charge in [0.2, 0.25) is 5.91 Å². The van der Waals surface area contributed by atoms with Crippen molar-refractivity contribution in [1.29, 1.82) is 0 Å². The lowest BCUT2D eigenvalue weighted by Gasteiger charge is -2.19. The minimum atomic E-state index is -0.359. The van der Waals surface area contributed by atoms with Crippen LogP contribution in [-0.4, -0.2) is 65.2 Å². The number of nitrogens with zero attached hydrogens (tertiary/aromatic N) is 4. The molecule has 0 spiro atoms. The maximum Gasteiger partial charge on any atom is 0.247 e. The fourth-order valence-electron chi connectivity index (χ4n) is 4.52. The Balaban J connectivity index is 1.45. The molecule has 39 heavy (non-hydrogen) atoms. The molecule has 0 bridgehead atoms. The minimum Gasteiger partial charge on any atom is -0.487 e. The number of halogens is 1. The zero-order valence-electron chi connectivity index (χ0n) is 21.6. The van der Waals surface area contributed by atoms with Gasteiger partial charge in [-0.05, 0) is 42.8 Å². The summed E-state index contributed by atoms with van der Waals surface area (Å²) in [6, 6.07) is 13.6. The Morgan fingerprint density at radius 2 is 2.08 bits per heavy atom. The average Bonchev–Trinajstić information content (AvgIpc) is 3.40. The summed E-state index contributed by atoms with van der Waals surface area (Å²) < 4.78 is 25.9. The van der Waals surface area contributed by atoms with Crippen molar-refractivity contribution in [2.24, 2.45) is 0 Å². The number of fused-ring (bicyclic) bond motifs is 1. The molecule has 0 saturated carbocycles. The number of amides is 1. The van der Waals surface area contributed by atoms with Crippen molar-refractivity contribution < 1.29 is 18.7 Å². The maximum absolute atomic E-state index is 14.3. The van der Waals surface area contributed by atoms with E-state index in [1.807, 2.05) is 0 Å². The van der Waals surface area contributed by atoms with E-state index in [-0.39, 0.29) is 17.8 Å². The van der Waals surface area contributed by atoms with Gasteiger partial charge in [0, 0.05) is 55.6 Å². The minimum absolute atomic E-state index is 0.0354. The lowest BCUT2D eigenvalue weighted by Crippen LogP contribution is -2.28. The molecule has 4 aromatic rings. The normalized spacial score (nSPS) is 15.3. The Labute approximate surface area is 225 Å². The third-order valence-electron chi connectivity index (χ3n) is 6.49. The quantitative estimate of drug-likeness (QED) is 0.283. The third kappa shape index (κ3) is 6.19. The Morgan fingerprint density at radius 3 is 2.90 bits per heavy atom. The van der Waals surface area contributed by atoms with Crippen molar-refractivity contribution >= 4 is 34.0 Å². The summed E-state index contributed by atoms with van der Waals surface area (Å²) in [5.41, 5.74) is 2.68. The molecule has 2 N–H and O–H groups in total. The van der Waals surface area contributed by atoms with Crippen LogP contribution in [0.5, 0.6) is 5.75 Å². The van der Waals surface area contributed by atoms with Crippen LogP contribution in [0.25, 0.3) is 22.2 Å². The summed E-state index contributed by atoms with van der Waals surface area (Å²) in [5, 5.41) is 6.80. The van der Waals surface area contributed by atoms with Crippen LogP contribution in [0.2, 0.25) is 0 Å². The predicted octanol–water partition coefficient (Wildman–Crippen LogP) is 4.80. The van der Waals surface area contributed by atoms with Crippen LogP contribution in [0.3, 0.4) is 0 Å². The van der Waals surface area contributed by atoms with Gasteiger partial charge in [-0.2, -0.15) is 0 Å². The highest BCUT2D eigenvalue weighted by Crippen LogP contribution is 2.35. The number of nitrogens with one attached hydrogen (secondary N) is 2. The second kappa shape index (κ2) is 12.0. The lowest BCUT2D eigenvalue weighted by atomic mass is 10.1. The molecule has 1 unspecified atom stereocenters. The molecule has 1 amide bonds. The van der Waals surface area contributed by atoms with E-state index in [9.17, 15) is 9.18 Å². The summed E-state index contributed by atoms with van der Waals surface area (Å²) in [7, 11) is 1.69. The first kappa shape index (κ1) is 26.2. The van der Waals surface area contributed by atoms with Gasteiger partial charge in [-0.3, -0.25) is 14.7 Å². The molecule has 10 heteroatoms. The summed E-state index contributed by atoms with van der Waals surface area (Å²) >= 11 is 0. The Morgan fingerprint density at radius 1 is 1.21 bits per heavy atom. The molecule has 1 aliphatic heterocycles. The fraction of sp³-hybridized carbons (Fsp3) is 0.241. The van der Waals surface area contributed by atoms with Crippen molar-refractivity contribution in [1.82, 2.24) is 19.9 Å². The number of hydrogen-bond donors (Lipinski definition) is 2. The molecule has 1 saturated heterocycles. The van der Waals surface area contributed by atoms with Crippen LogP contribution in [0, 0.1) is 5.82 Å². The first-order chi connectivity index (χ1) is 19.0.